The third-order valence-corrected chi connectivity index (χ3v) is 5.92. The zero-order chi connectivity index (χ0) is 16.8. The van der Waals surface area contributed by atoms with Gasteiger partial charge in [0.25, 0.3) is 0 Å². The molecule has 2 fully saturated rings. The van der Waals surface area contributed by atoms with Gasteiger partial charge >= 0.3 is 0 Å². The second-order valence-corrected chi connectivity index (χ2v) is 8.20. The van der Waals surface area contributed by atoms with Gasteiger partial charge in [-0.3, -0.25) is 9.89 Å². The Labute approximate surface area is 147 Å². The number of nitrogens with one attached hydrogen (secondary N) is 2. The Hall–Kier alpha value is -1.08. The zero-order valence-electron chi connectivity index (χ0n) is 14.4. The highest BCUT2D eigenvalue weighted by Crippen LogP contribution is 2.28. The van der Waals surface area contributed by atoms with Gasteiger partial charge in [-0.15, -0.1) is 5.10 Å². The largest absolute Gasteiger partial charge is 0.376 e. The van der Waals surface area contributed by atoms with E-state index in [4.69, 9.17) is 4.74 Å². The number of carbonyl (C=O) groups is 1. The lowest BCUT2D eigenvalue weighted by atomic mass is 10.0. The Bertz CT molecular complexity index is 524. The summed E-state index contributed by atoms with van der Waals surface area (Å²) in [4.78, 5) is 16.7. The van der Waals surface area contributed by atoms with Crippen LogP contribution in [0.2, 0.25) is 0 Å². The van der Waals surface area contributed by atoms with Crippen LogP contribution in [0.4, 0.5) is 0 Å². The maximum atomic E-state index is 12.2. The molecule has 24 heavy (non-hydrogen) atoms. The molecule has 2 unspecified atom stereocenters. The van der Waals surface area contributed by atoms with E-state index in [0.717, 1.165) is 37.6 Å². The molecule has 6 nitrogen and oxygen atoms in total. The van der Waals surface area contributed by atoms with Crippen molar-refractivity contribution in [3.63, 3.8) is 0 Å². The molecule has 1 aliphatic heterocycles. The van der Waals surface area contributed by atoms with Crippen molar-refractivity contribution in [3.05, 3.63) is 5.82 Å². The van der Waals surface area contributed by atoms with Crippen LogP contribution in [0.15, 0.2) is 5.16 Å². The summed E-state index contributed by atoms with van der Waals surface area (Å²) in [5.74, 6) is 1.82. The summed E-state index contributed by atoms with van der Waals surface area (Å²) in [7, 11) is 0. The highest BCUT2D eigenvalue weighted by atomic mass is 32.2. The van der Waals surface area contributed by atoms with E-state index in [1.165, 1.54) is 43.9 Å². The van der Waals surface area contributed by atoms with Crippen LogP contribution in [-0.4, -0.2) is 45.6 Å². The first kappa shape index (κ1) is 17.7. The van der Waals surface area contributed by atoms with Crippen LogP contribution < -0.4 is 5.32 Å². The number of thioether (sulfide) groups is 1. The van der Waals surface area contributed by atoms with E-state index in [2.05, 4.69) is 20.5 Å². The van der Waals surface area contributed by atoms with Crippen LogP contribution in [0.5, 0.6) is 0 Å². The van der Waals surface area contributed by atoms with Crippen molar-refractivity contribution in [1.82, 2.24) is 20.5 Å². The van der Waals surface area contributed by atoms with Crippen LogP contribution in [-0.2, 0) is 16.0 Å². The standard InChI is InChI=1S/C17H28N4O2S/c1-12(16(22)18-11-14-7-4-10-23-14)24-17-19-15(20-21-17)9-8-13-5-2-3-6-13/h12-14H,2-11H2,1H3,(H,18,22)(H,19,20,21). The average molecular weight is 353 g/mol. The molecular weight excluding hydrogens is 324 g/mol. The third kappa shape index (κ3) is 5.21. The van der Waals surface area contributed by atoms with Crippen molar-refractivity contribution in [2.45, 2.75) is 74.8 Å². The molecule has 0 spiro atoms. The SMILES string of the molecule is CC(Sc1n[nH]c(CCC2CCCC2)n1)C(=O)NCC1CCCO1. The van der Waals surface area contributed by atoms with E-state index in [1.807, 2.05) is 6.92 Å². The minimum absolute atomic E-state index is 0.0211. The van der Waals surface area contributed by atoms with Crippen LogP contribution in [0, 0.1) is 5.92 Å². The van der Waals surface area contributed by atoms with E-state index in [-0.39, 0.29) is 17.3 Å². The first-order valence-electron chi connectivity index (χ1n) is 9.18. The molecule has 0 radical (unpaired) electrons. The van der Waals surface area contributed by atoms with Crippen LogP contribution in [0.3, 0.4) is 0 Å². The summed E-state index contributed by atoms with van der Waals surface area (Å²) in [6.07, 6.45) is 9.92. The Morgan fingerprint density at radius 1 is 1.38 bits per heavy atom. The number of carbonyl (C=O) groups excluding carboxylic acids is 1. The third-order valence-electron chi connectivity index (χ3n) is 4.95. The molecule has 0 aromatic carbocycles. The van der Waals surface area contributed by atoms with Gasteiger partial charge in [-0.05, 0) is 32.1 Å². The molecule has 2 N–H and O–H groups in total. The molecule has 2 atom stereocenters. The number of aromatic nitrogens is 3. The Morgan fingerprint density at radius 2 is 2.21 bits per heavy atom. The average Bonchev–Trinajstić information content (AvgIpc) is 3.32. The number of amides is 1. The molecule has 2 heterocycles. The number of aryl methyl sites for hydroxylation is 1. The number of nitrogens with zero attached hydrogens (tertiary/aromatic N) is 2. The van der Waals surface area contributed by atoms with E-state index in [9.17, 15) is 4.79 Å². The Kier molecular flexibility index (Phi) is 6.54. The van der Waals surface area contributed by atoms with Gasteiger partial charge in [-0.2, -0.15) is 0 Å². The van der Waals surface area contributed by atoms with Gasteiger partial charge in [0.15, 0.2) is 0 Å². The quantitative estimate of drug-likeness (QED) is 0.703. The lowest BCUT2D eigenvalue weighted by molar-refractivity contribution is -0.120. The lowest BCUT2D eigenvalue weighted by Gasteiger charge is -2.13. The highest BCUT2D eigenvalue weighted by Gasteiger charge is 2.21. The summed E-state index contributed by atoms with van der Waals surface area (Å²) in [6, 6.07) is 0. The second-order valence-electron chi connectivity index (χ2n) is 6.89. The number of hydrogen-bond acceptors (Lipinski definition) is 5. The number of H-pyrrole nitrogens is 1. The van der Waals surface area contributed by atoms with E-state index >= 15 is 0 Å². The topological polar surface area (TPSA) is 79.9 Å². The normalized spacial score (nSPS) is 22.8. The summed E-state index contributed by atoms with van der Waals surface area (Å²) in [5.41, 5.74) is 0. The van der Waals surface area contributed by atoms with Gasteiger partial charge in [0, 0.05) is 19.6 Å². The minimum atomic E-state index is -0.204. The number of rotatable bonds is 8. The fraction of sp³-hybridized carbons (Fsp3) is 0.824. The predicted molar refractivity (Wildman–Crippen MR) is 94.0 cm³/mol. The molecule has 134 valence electrons. The predicted octanol–water partition coefficient (Wildman–Crippen LogP) is 2.70. The first-order chi connectivity index (χ1) is 11.7. The molecule has 3 rings (SSSR count). The van der Waals surface area contributed by atoms with Crippen molar-refractivity contribution >= 4 is 17.7 Å². The molecule has 2 aliphatic rings. The number of hydrogen-bond donors (Lipinski definition) is 2. The molecule has 0 bridgehead atoms. The molecule has 1 saturated carbocycles. The van der Waals surface area contributed by atoms with Crippen molar-refractivity contribution in [1.29, 1.82) is 0 Å². The Balaban J connectivity index is 1.38. The molecule has 1 aliphatic carbocycles. The van der Waals surface area contributed by atoms with Crippen molar-refractivity contribution in [2.75, 3.05) is 13.2 Å². The van der Waals surface area contributed by atoms with Gasteiger partial charge in [0.05, 0.1) is 11.4 Å². The highest BCUT2D eigenvalue weighted by molar-refractivity contribution is 8.00. The van der Waals surface area contributed by atoms with Gasteiger partial charge in [-0.25, -0.2) is 4.98 Å². The van der Waals surface area contributed by atoms with Crippen LogP contribution in [0.25, 0.3) is 0 Å². The summed E-state index contributed by atoms with van der Waals surface area (Å²) >= 11 is 1.41. The van der Waals surface area contributed by atoms with Crippen molar-refractivity contribution in [2.24, 2.45) is 5.92 Å². The summed E-state index contributed by atoms with van der Waals surface area (Å²) in [6.45, 7) is 3.31. The van der Waals surface area contributed by atoms with Crippen LogP contribution in [0.1, 0.15) is 57.7 Å². The van der Waals surface area contributed by atoms with Crippen LogP contribution >= 0.6 is 11.8 Å². The van der Waals surface area contributed by atoms with Gasteiger partial charge in [-0.1, -0.05) is 37.4 Å². The Morgan fingerprint density at radius 3 is 2.96 bits per heavy atom. The van der Waals surface area contributed by atoms with E-state index in [1.54, 1.807) is 0 Å². The fourth-order valence-corrected chi connectivity index (χ4v) is 4.23. The zero-order valence-corrected chi connectivity index (χ0v) is 15.2. The second kappa shape index (κ2) is 8.85. The maximum Gasteiger partial charge on any atom is 0.233 e. The molecule has 1 aromatic heterocycles. The summed E-state index contributed by atoms with van der Waals surface area (Å²) in [5, 5.41) is 10.7. The van der Waals surface area contributed by atoms with Gasteiger partial charge in [0.2, 0.25) is 11.1 Å². The van der Waals surface area contributed by atoms with Crippen molar-refractivity contribution < 1.29 is 9.53 Å². The molecular formula is C17H28N4O2S. The first-order valence-corrected chi connectivity index (χ1v) is 10.1. The summed E-state index contributed by atoms with van der Waals surface area (Å²) < 4.78 is 5.52. The number of aromatic amines is 1. The van der Waals surface area contributed by atoms with Gasteiger partial charge in [0.1, 0.15) is 5.82 Å². The smallest absolute Gasteiger partial charge is 0.233 e. The molecule has 1 aromatic rings. The van der Waals surface area contributed by atoms with Gasteiger partial charge < -0.3 is 10.1 Å². The van der Waals surface area contributed by atoms with Crippen molar-refractivity contribution in [3.8, 4) is 0 Å². The minimum Gasteiger partial charge on any atom is -0.376 e. The monoisotopic (exact) mass is 352 g/mol. The van der Waals surface area contributed by atoms with E-state index in [0.29, 0.717) is 11.7 Å². The number of ether oxygens (including phenoxy) is 1. The maximum absolute atomic E-state index is 12.2. The molecule has 1 amide bonds. The molecule has 7 heteroatoms. The molecule has 1 saturated heterocycles. The lowest BCUT2D eigenvalue weighted by Crippen LogP contribution is -2.36. The van der Waals surface area contributed by atoms with E-state index < -0.39 is 0 Å². The fourth-order valence-electron chi connectivity index (χ4n) is 3.46.